The minimum atomic E-state index is 0.0978. The Morgan fingerprint density at radius 2 is 1.86 bits per heavy atom. The van der Waals surface area contributed by atoms with Gasteiger partial charge in [0.25, 0.3) is 0 Å². The second-order valence-corrected chi connectivity index (χ2v) is 7.54. The Balaban J connectivity index is 1.69. The van der Waals surface area contributed by atoms with Crippen molar-refractivity contribution in [2.45, 2.75) is 58.9 Å². The predicted octanol–water partition coefficient (Wildman–Crippen LogP) is 3.14. The lowest BCUT2D eigenvalue weighted by Gasteiger charge is -2.21. The number of hydrogen-bond donors (Lipinski definition) is 1. The number of amides is 2. The maximum absolute atomic E-state index is 12.7. The fourth-order valence-electron chi connectivity index (χ4n) is 4.11. The molecule has 1 aromatic heterocycles. The van der Waals surface area contributed by atoms with E-state index in [4.69, 9.17) is 4.98 Å². The van der Waals surface area contributed by atoms with E-state index in [1.54, 1.807) is 0 Å². The summed E-state index contributed by atoms with van der Waals surface area (Å²) in [6.07, 6.45) is 6.18. The van der Waals surface area contributed by atoms with Gasteiger partial charge in [-0.15, -0.1) is 0 Å². The number of benzene rings is 1. The first-order valence-corrected chi connectivity index (χ1v) is 10.6. The number of carbonyl (C=O) groups excluding carboxylic acids is 2. The first-order chi connectivity index (χ1) is 13.6. The molecule has 0 atom stereocenters. The molecule has 1 aromatic carbocycles. The highest BCUT2D eigenvalue weighted by Gasteiger charge is 2.21. The largest absolute Gasteiger partial charge is 0.355 e. The zero-order valence-corrected chi connectivity index (χ0v) is 17.1. The topological polar surface area (TPSA) is 67.2 Å². The average Bonchev–Trinajstić information content (AvgIpc) is 3.07. The van der Waals surface area contributed by atoms with Crippen molar-refractivity contribution < 1.29 is 9.59 Å². The Hall–Kier alpha value is -2.37. The van der Waals surface area contributed by atoms with Crippen LogP contribution < -0.4 is 5.32 Å². The highest BCUT2D eigenvalue weighted by Crippen LogP contribution is 2.23. The van der Waals surface area contributed by atoms with Crippen molar-refractivity contribution in [1.29, 1.82) is 0 Å². The summed E-state index contributed by atoms with van der Waals surface area (Å²) < 4.78 is 2.00. The summed E-state index contributed by atoms with van der Waals surface area (Å²) in [6.45, 7) is 6.24. The molecule has 6 heteroatoms. The van der Waals surface area contributed by atoms with Gasteiger partial charge in [-0.05, 0) is 38.8 Å². The fraction of sp³-hybridized carbons (Fsp3) is 0.591. The van der Waals surface area contributed by atoms with Crippen LogP contribution in [0.1, 0.15) is 51.8 Å². The van der Waals surface area contributed by atoms with Gasteiger partial charge in [-0.2, -0.15) is 0 Å². The molecule has 0 radical (unpaired) electrons. The standard InChI is InChI=1S/C22H32N4O2/c1-3-25(4-2)21(27)16-26-19-13-9-8-12-18(19)24-20(26)14-15-23-22(28)17-10-6-5-7-11-17/h8-9,12-13,17H,3-7,10-11,14-16H2,1-2H3,(H,23,28). The lowest BCUT2D eigenvalue weighted by molar-refractivity contribution is -0.131. The first kappa shape index (κ1) is 20.4. The third-order valence-corrected chi connectivity index (χ3v) is 5.77. The van der Waals surface area contributed by atoms with Crippen LogP contribution in [0.2, 0.25) is 0 Å². The quantitative estimate of drug-likeness (QED) is 0.760. The maximum atomic E-state index is 12.7. The summed E-state index contributed by atoms with van der Waals surface area (Å²) in [6, 6.07) is 7.90. The molecular formula is C22H32N4O2. The second-order valence-electron chi connectivity index (χ2n) is 7.54. The summed E-state index contributed by atoms with van der Waals surface area (Å²) in [5, 5.41) is 3.08. The number of nitrogens with zero attached hydrogens (tertiary/aromatic N) is 3. The van der Waals surface area contributed by atoms with Crippen LogP contribution in [0.4, 0.5) is 0 Å². The number of likely N-dealkylation sites (N-methyl/N-ethyl adjacent to an activating group) is 1. The van der Waals surface area contributed by atoms with Crippen molar-refractivity contribution in [3.63, 3.8) is 0 Å². The summed E-state index contributed by atoms with van der Waals surface area (Å²) in [5.41, 5.74) is 1.86. The molecule has 2 amide bonds. The van der Waals surface area contributed by atoms with Crippen LogP contribution in [0.5, 0.6) is 0 Å². The van der Waals surface area contributed by atoms with Gasteiger partial charge < -0.3 is 14.8 Å². The van der Waals surface area contributed by atoms with Gasteiger partial charge >= 0.3 is 0 Å². The van der Waals surface area contributed by atoms with Gasteiger partial charge in [0.1, 0.15) is 12.4 Å². The van der Waals surface area contributed by atoms with E-state index in [0.717, 1.165) is 42.5 Å². The molecule has 0 saturated heterocycles. The van der Waals surface area contributed by atoms with Crippen molar-refractivity contribution in [2.75, 3.05) is 19.6 Å². The van der Waals surface area contributed by atoms with Gasteiger partial charge in [-0.25, -0.2) is 4.98 Å². The zero-order chi connectivity index (χ0) is 19.9. The number of fused-ring (bicyclic) bond motifs is 1. The molecule has 152 valence electrons. The van der Waals surface area contributed by atoms with Gasteiger partial charge in [0.05, 0.1) is 11.0 Å². The SMILES string of the molecule is CCN(CC)C(=O)Cn1c(CCNC(=O)C2CCCCC2)nc2ccccc21. The number of imidazole rings is 1. The van der Waals surface area contributed by atoms with E-state index in [2.05, 4.69) is 5.32 Å². The molecule has 2 aromatic rings. The number of rotatable bonds is 8. The van der Waals surface area contributed by atoms with Crippen LogP contribution >= 0.6 is 0 Å². The minimum absolute atomic E-state index is 0.0978. The van der Waals surface area contributed by atoms with Gasteiger partial charge in [0, 0.05) is 32.0 Å². The van der Waals surface area contributed by atoms with Crippen LogP contribution in [-0.4, -0.2) is 45.9 Å². The number of hydrogen-bond acceptors (Lipinski definition) is 3. The van der Waals surface area contributed by atoms with Gasteiger partial charge in [-0.3, -0.25) is 9.59 Å². The van der Waals surface area contributed by atoms with E-state index < -0.39 is 0 Å². The Morgan fingerprint density at radius 3 is 2.57 bits per heavy atom. The van der Waals surface area contributed by atoms with E-state index in [1.165, 1.54) is 6.42 Å². The molecule has 0 bridgehead atoms. The highest BCUT2D eigenvalue weighted by atomic mass is 16.2. The number of nitrogens with one attached hydrogen (secondary N) is 1. The van der Waals surface area contributed by atoms with E-state index in [9.17, 15) is 9.59 Å². The predicted molar refractivity (Wildman–Crippen MR) is 111 cm³/mol. The van der Waals surface area contributed by atoms with Gasteiger partial charge in [0.15, 0.2) is 0 Å². The van der Waals surface area contributed by atoms with Gasteiger partial charge in [-0.1, -0.05) is 31.4 Å². The fourth-order valence-corrected chi connectivity index (χ4v) is 4.11. The first-order valence-electron chi connectivity index (χ1n) is 10.6. The Bertz CT molecular complexity index is 804. The molecule has 0 spiro atoms. The summed E-state index contributed by atoms with van der Waals surface area (Å²) >= 11 is 0. The molecule has 0 unspecified atom stereocenters. The minimum Gasteiger partial charge on any atom is -0.355 e. The summed E-state index contributed by atoms with van der Waals surface area (Å²) in [7, 11) is 0. The van der Waals surface area contributed by atoms with E-state index in [1.807, 2.05) is 47.6 Å². The van der Waals surface area contributed by atoms with Gasteiger partial charge in [0.2, 0.25) is 11.8 Å². The second kappa shape index (κ2) is 9.71. The van der Waals surface area contributed by atoms with Crippen LogP contribution in [0.15, 0.2) is 24.3 Å². The molecule has 3 rings (SSSR count). The molecule has 0 aliphatic heterocycles. The Kier molecular flexibility index (Phi) is 7.06. The lowest BCUT2D eigenvalue weighted by atomic mass is 9.89. The monoisotopic (exact) mass is 384 g/mol. The summed E-state index contributed by atoms with van der Waals surface area (Å²) in [5.74, 6) is 1.28. The van der Waals surface area contributed by atoms with Crippen molar-refractivity contribution in [2.24, 2.45) is 5.92 Å². The molecule has 1 aliphatic rings. The third kappa shape index (κ3) is 4.72. The average molecular weight is 385 g/mol. The van der Waals surface area contributed by atoms with Crippen LogP contribution in [-0.2, 0) is 22.6 Å². The van der Waals surface area contributed by atoms with Crippen LogP contribution in [0.25, 0.3) is 11.0 Å². The van der Waals surface area contributed by atoms with E-state index in [0.29, 0.717) is 26.1 Å². The van der Waals surface area contributed by atoms with E-state index >= 15 is 0 Å². The molecule has 1 heterocycles. The van der Waals surface area contributed by atoms with Crippen molar-refractivity contribution in [3.8, 4) is 0 Å². The molecular weight excluding hydrogens is 352 g/mol. The molecule has 6 nitrogen and oxygen atoms in total. The van der Waals surface area contributed by atoms with Crippen molar-refractivity contribution >= 4 is 22.8 Å². The molecule has 28 heavy (non-hydrogen) atoms. The molecule has 1 fully saturated rings. The number of aromatic nitrogens is 2. The highest BCUT2D eigenvalue weighted by molar-refractivity contribution is 5.81. The lowest BCUT2D eigenvalue weighted by Crippen LogP contribution is -2.35. The van der Waals surface area contributed by atoms with Crippen molar-refractivity contribution in [1.82, 2.24) is 19.8 Å². The third-order valence-electron chi connectivity index (χ3n) is 5.77. The molecule has 1 saturated carbocycles. The Labute approximate surface area is 167 Å². The Morgan fingerprint density at radius 1 is 1.14 bits per heavy atom. The smallest absolute Gasteiger partial charge is 0.242 e. The normalized spacial score (nSPS) is 14.9. The molecule has 1 aliphatic carbocycles. The number of para-hydroxylation sites is 2. The van der Waals surface area contributed by atoms with Crippen molar-refractivity contribution in [3.05, 3.63) is 30.1 Å². The van der Waals surface area contributed by atoms with Crippen LogP contribution in [0, 0.1) is 5.92 Å². The van der Waals surface area contributed by atoms with Crippen LogP contribution in [0.3, 0.4) is 0 Å². The maximum Gasteiger partial charge on any atom is 0.242 e. The number of carbonyl (C=O) groups is 2. The summed E-state index contributed by atoms with van der Waals surface area (Å²) in [4.78, 5) is 31.6. The molecule has 1 N–H and O–H groups in total. The zero-order valence-electron chi connectivity index (χ0n) is 17.1. The van der Waals surface area contributed by atoms with E-state index in [-0.39, 0.29) is 24.3 Å².